The Morgan fingerprint density at radius 3 is 2.07 bits per heavy atom. The van der Waals surface area contributed by atoms with Gasteiger partial charge in [0.25, 0.3) is 0 Å². The number of hydrogen-bond donors (Lipinski definition) is 1. The third-order valence-electron chi connectivity index (χ3n) is 4.26. The van der Waals surface area contributed by atoms with Crippen molar-refractivity contribution in [2.75, 3.05) is 6.54 Å². The van der Waals surface area contributed by atoms with Crippen molar-refractivity contribution in [1.82, 2.24) is 5.32 Å². The molecular formula is C14H29N. The Bertz CT molecular complexity index is 164. The van der Waals surface area contributed by atoms with E-state index in [1.807, 2.05) is 0 Å². The summed E-state index contributed by atoms with van der Waals surface area (Å²) in [6.07, 6.45) is 8.55. The first kappa shape index (κ1) is 13.0. The summed E-state index contributed by atoms with van der Waals surface area (Å²) in [6.45, 7) is 10.6. The van der Waals surface area contributed by atoms with Gasteiger partial charge in [0, 0.05) is 12.6 Å². The van der Waals surface area contributed by atoms with Crippen molar-refractivity contribution >= 4 is 0 Å². The standard InChI is InChI=1S/C14H29N/c1-12(2)14(3,4)11-15-13-9-7-5-6-8-10-13/h12-13,15H,5-11H2,1-4H3. The lowest BCUT2D eigenvalue weighted by Gasteiger charge is -2.31. The molecule has 0 saturated heterocycles. The zero-order valence-corrected chi connectivity index (χ0v) is 11.1. The number of hydrogen-bond acceptors (Lipinski definition) is 1. The van der Waals surface area contributed by atoms with Gasteiger partial charge in [-0.25, -0.2) is 0 Å². The molecule has 0 radical (unpaired) electrons. The molecule has 0 heterocycles. The van der Waals surface area contributed by atoms with Crippen LogP contribution in [0, 0.1) is 11.3 Å². The smallest absolute Gasteiger partial charge is 0.00672 e. The Morgan fingerprint density at radius 1 is 1.07 bits per heavy atom. The Morgan fingerprint density at radius 2 is 1.60 bits per heavy atom. The van der Waals surface area contributed by atoms with Crippen LogP contribution in [-0.2, 0) is 0 Å². The molecule has 1 saturated carbocycles. The SMILES string of the molecule is CC(C)C(C)(C)CNC1CCCCCC1. The Kier molecular flexibility index (Phi) is 5.11. The minimum atomic E-state index is 0.437. The van der Waals surface area contributed by atoms with Gasteiger partial charge < -0.3 is 5.32 Å². The normalized spacial score (nSPS) is 20.6. The van der Waals surface area contributed by atoms with E-state index in [0.29, 0.717) is 5.41 Å². The van der Waals surface area contributed by atoms with Crippen LogP contribution >= 0.6 is 0 Å². The summed E-state index contributed by atoms with van der Waals surface area (Å²) >= 11 is 0. The summed E-state index contributed by atoms with van der Waals surface area (Å²) in [4.78, 5) is 0. The molecule has 0 atom stereocenters. The van der Waals surface area contributed by atoms with Crippen molar-refractivity contribution in [3.8, 4) is 0 Å². The minimum absolute atomic E-state index is 0.437. The largest absolute Gasteiger partial charge is 0.313 e. The predicted octanol–water partition coefficient (Wildman–Crippen LogP) is 3.98. The Hall–Kier alpha value is -0.0400. The van der Waals surface area contributed by atoms with Gasteiger partial charge in [0.05, 0.1) is 0 Å². The van der Waals surface area contributed by atoms with Crippen molar-refractivity contribution < 1.29 is 0 Å². The van der Waals surface area contributed by atoms with Crippen LogP contribution in [0.2, 0.25) is 0 Å². The molecule has 90 valence electrons. The molecule has 1 rings (SSSR count). The van der Waals surface area contributed by atoms with Gasteiger partial charge in [0.2, 0.25) is 0 Å². The molecule has 1 nitrogen and oxygen atoms in total. The van der Waals surface area contributed by atoms with Gasteiger partial charge >= 0.3 is 0 Å². The van der Waals surface area contributed by atoms with E-state index in [-0.39, 0.29) is 0 Å². The molecule has 0 aromatic heterocycles. The van der Waals surface area contributed by atoms with E-state index >= 15 is 0 Å². The first-order valence-electron chi connectivity index (χ1n) is 6.76. The average molecular weight is 211 g/mol. The van der Waals surface area contributed by atoms with Crippen LogP contribution in [0.1, 0.15) is 66.2 Å². The van der Waals surface area contributed by atoms with E-state index in [0.717, 1.165) is 12.0 Å². The first-order chi connectivity index (χ1) is 7.02. The molecule has 1 aliphatic rings. The van der Waals surface area contributed by atoms with Crippen LogP contribution in [0.4, 0.5) is 0 Å². The summed E-state index contributed by atoms with van der Waals surface area (Å²) in [6, 6.07) is 0.797. The van der Waals surface area contributed by atoms with Crippen LogP contribution in [0.25, 0.3) is 0 Å². The number of rotatable bonds is 4. The van der Waals surface area contributed by atoms with Crippen LogP contribution < -0.4 is 5.32 Å². The topological polar surface area (TPSA) is 12.0 Å². The van der Waals surface area contributed by atoms with Gasteiger partial charge in [0.15, 0.2) is 0 Å². The van der Waals surface area contributed by atoms with Gasteiger partial charge in [-0.2, -0.15) is 0 Å². The van der Waals surface area contributed by atoms with Crippen LogP contribution in [-0.4, -0.2) is 12.6 Å². The molecule has 0 bridgehead atoms. The molecule has 1 fully saturated rings. The van der Waals surface area contributed by atoms with Crippen molar-refractivity contribution in [1.29, 1.82) is 0 Å². The van der Waals surface area contributed by atoms with Crippen molar-refractivity contribution in [3.63, 3.8) is 0 Å². The van der Waals surface area contributed by atoms with Crippen LogP contribution in [0.5, 0.6) is 0 Å². The lowest BCUT2D eigenvalue weighted by molar-refractivity contribution is 0.224. The third-order valence-corrected chi connectivity index (χ3v) is 4.26. The Labute approximate surface area is 96.0 Å². The highest BCUT2D eigenvalue weighted by molar-refractivity contribution is 4.79. The van der Waals surface area contributed by atoms with E-state index in [1.54, 1.807) is 0 Å². The molecule has 0 aromatic carbocycles. The summed E-state index contributed by atoms with van der Waals surface area (Å²) in [5.41, 5.74) is 0.437. The number of nitrogens with one attached hydrogen (secondary N) is 1. The molecule has 15 heavy (non-hydrogen) atoms. The Balaban J connectivity index is 2.28. The van der Waals surface area contributed by atoms with Gasteiger partial charge in [-0.15, -0.1) is 0 Å². The van der Waals surface area contributed by atoms with Crippen LogP contribution in [0.15, 0.2) is 0 Å². The maximum absolute atomic E-state index is 3.78. The maximum atomic E-state index is 3.78. The van der Waals surface area contributed by atoms with Gasteiger partial charge in [0.1, 0.15) is 0 Å². The second-order valence-corrected chi connectivity index (χ2v) is 6.21. The molecular weight excluding hydrogens is 182 g/mol. The highest BCUT2D eigenvalue weighted by Gasteiger charge is 2.23. The fourth-order valence-corrected chi connectivity index (χ4v) is 2.10. The van der Waals surface area contributed by atoms with E-state index in [1.165, 1.54) is 45.1 Å². The van der Waals surface area contributed by atoms with E-state index in [9.17, 15) is 0 Å². The minimum Gasteiger partial charge on any atom is -0.313 e. The lowest BCUT2D eigenvalue weighted by Crippen LogP contribution is -2.39. The highest BCUT2D eigenvalue weighted by Crippen LogP contribution is 2.26. The fourth-order valence-electron chi connectivity index (χ4n) is 2.10. The summed E-state index contributed by atoms with van der Waals surface area (Å²) in [7, 11) is 0. The zero-order chi connectivity index (χ0) is 11.3. The second-order valence-electron chi connectivity index (χ2n) is 6.21. The quantitative estimate of drug-likeness (QED) is 0.694. The molecule has 1 heteroatoms. The average Bonchev–Trinajstić information content (AvgIpc) is 2.42. The van der Waals surface area contributed by atoms with Gasteiger partial charge in [-0.05, 0) is 24.2 Å². The van der Waals surface area contributed by atoms with E-state index in [4.69, 9.17) is 0 Å². The molecule has 0 unspecified atom stereocenters. The van der Waals surface area contributed by atoms with Crippen molar-refractivity contribution in [3.05, 3.63) is 0 Å². The lowest BCUT2D eigenvalue weighted by atomic mass is 9.81. The molecule has 0 aliphatic heterocycles. The molecule has 0 aromatic rings. The van der Waals surface area contributed by atoms with Crippen molar-refractivity contribution in [2.24, 2.45) is 11.3 Å². The summed E-state index contributed by atoms with van der Waals surface area (Å²) in [5, 5.41) is 3.78. The predicted molar refractivity (Wildman–Crippen MR) is 68.1 cm³/mol. The molecule has 1 N–H and O–H groups in total. The van der Waals surface area contributed by atoms with Crippen LogP contribution in [0.3, 0.4) is 0 Å². The van der Waals surface area contributed by atoms with Gasteiger partial charge in [-0.3, -0.25) is 0 Å². The van der Waals surface area contributed by atoms with Crippen molar-refractivity contribution in [2.45, 2.75) is 72.3 Å². The maximum Gasteiger partial charge on any atom is 0.00672 e. The highest BCUT2D eigenvalue weighted by atomic mass is 14.9. The van der Waals surface area contributed by atoms with E-state index < -0.39 is 0 Å². The monoisotopic (exact) mass is 211 g/mol. The molecule has 0 spiro atoms. The zero-order valence-electron chi connectivity index (χ0n) is 11.1. The third kappa shape index (κ3) is 4.55. The summed E-state index contributed by atoms with van der Waals surface area (Å²) < 4.78 is 0. The fraction of sp³-hybridized carbons (Fsp3) is 1.00. The first-order valence-corrected chi connectivity index (χ1v) is 6.76. The molecule has 0 amide bonds. The molecule has 1 aliphatic carbocycles. The second kappa shape index (κ2) is 5.89. The van der Waals surface area contributed by atoms with Gasteiger partial charge in [-0.1, -0.05) is 53.4 Å². The summed E-state index contributed by atoms with van der Waals surface area (Å²) in [5.74, 6) is 0.760. The van der Waals surface area contributed by atoms with E-state index in [2.05, 4.69) is 33.0 Å².